The Morgan fingerprint density at radius 3 is 2.73 bits per heavy atom. The maximum Gasteiger partial charge on any atom is 0.378 e. The topological polar surface area (TPSA) is 57.0 Å². The lowest BCUT2D eigenvalue weighted by Gasteiger charge is -2.03. The molecule has 5 nitrogen and oxygen atoms in total. The van der Waals surface area contributed by atoms with E-state index >= 15 is 0 Å². The predicted octanol–water partition coefficient (Wildman–Crippen LogP) is 3.56. The number of thiophene rings is 1. The number of rotatable bonds is 5. The van der Waals surface area contributed by atoms with Crippen molar-refractivity contribution in [3.8, 4) is 16.4 Å². The van der Waals surface area contributed by atoms with Gasteiger partial charge in [-0.05, 0) is 30.0 Å². The van der Waals surface area contributed by atoms with Gasteiger partial charge in [0.25, 0.3) is 5.82 Å². The maximum absolute atomic E-state index is 12.0. The summed E-state index contributed by atoms with van der Waals surface area (Å²) in [4.78, 5) is 17.3. The van der Waals surface area contributed by atoms with E-state index in [4.69, 9.17) is 4.74 Å². The monoisotopic (exact) mass is 313 g/mol. The Balaban J connectivity index is 2.04. The van der Waals surface area contributed by atoms with Gasteiger partial charge in [-0.2, -0.15) is 4.98 Å². The average molecular weight is 313 g/mol. The van der Waals surface area contributed by atoms with Crippen molar-refractivity contribution in [2.24, 2.45) is 0 Å². The Labute approximate surface area is 132 Å². The Morgan fingerprint density at radius 1 is 1.23 bits per heavy atom. The summed E-state index contributed by atoms with van der Waals surface area (Å²) < 4.78 is 6.80. The zero-order chi connectivity index (χ0) is 15.4. The number of esters is 1. The maximum atomic E-state index is 12.0. The van der Waals surface area contributed by atoms with Crippen LogP contribution in [0, 0.1) is 0 Å². The molecule has 2 heterocycles. The van der Waals surface area contributed by atoms with E-state index in [9.17, 15) is 4.79 Å². The smallest absolute Gasteiger partial charge is 0.378 e. The molecule has 0 amide bonds. The third kappa shape index (κ3) is 2.92. The van der Waals surface area contributed by atoms with Crippen LogP contribution in [0.5, 0.6) is 0 Å². The molecule has 22 heavy (non-hydrogen) atoms. The molecular weight excluding hydrogens is 298 g/mol. The second-order valence-corrected chi connectivity index (χ2v) is 5.57. The fourth-order valence-electron chi connectivity index (χ4n) is 1.97. The third-order valence-corrected chi connectivity index (χ3v) is 3.84. The van der Waals surface area contributed by atoms with Crippen LogP contribution in [-0.4, -0.2) is 27.3 Å². The SMILES string of the molecule is CCCOC(=O)c1nc(-c2cccs2)n(-c2ccccc2)n1. The number of benzene rings is 1. The number of aromatic nitrogens is 3. The van der Waals surface area contributed by atoms with Gasteiger partial charge in [0.15, 0.2) is 5.82 Å². The second-order valence-electron chi connectivity index (χ2n) is 4.62. The van der Waals surface area contributed by atoms with Crippen molar-refractivity contribution in [2.45, 2.75) is 13.3 Å². The van der Waals surface area contributed by atoms with E-state index in [-0.39, 0.29) is 5.82 Å². The highest BCUT2D eigenvalue weighted by Gasteiger charge is 2.20. The van der Waals surface area contributed by atoms with E-state index in [2.05, 4.69) is 10.1 Å². The van der Waals surface area contributed by atoms with Gasteiger partial charge in [-0.1, -0.05) is 31.2 Å². The number of carbonyl (C=O) groups excluding carboxylic acids is 1. The van der Waals surface area contributed by atoms with Crippen LogP contribution in [-0.2, 0) is 4.74 Å². The van der Waals surface area contributed by atoms with Crippen LogP contribution in [0.4, 0.5) is 0 Å². The fourth-order valence-corrected chi connectivity index (χ4v) is 2.67. The van der Waals surface area contributed by atoms with E-state index in [1.54, 1.807) is 16.0 Å². The number of carbonyl (C=O) groups is 1. The Kier molecular flexibility index (Phi) is 4.29. The highest BCUT2D eigenvalue weighted by atomic mass is 32.1. The summed E-state index contributed by atoms with van der Waals surface area (Å²) in [6, 6.07) is 13.5. The first-order chi connectivity index (χ1) is 10.8. The van der Waals surface area contributed by atoms with Crippen LogP contribution in [0.3, 0.4) is 0 Å². The van der Waals surface area contributed by atoms with Crippen molar-refractivity contribution in [1.29, 1.82) is 0 Å². The molecule has 0 aliphatic carbocycles. The van der Waals surface area contributed by atoms with E-state index in [1.807, 2.05) is 54.8 Å². The molecule has 0 bridgehead atoms. The molecule has 6 heteroatoms. The summed E-state index contributed by atoms with van der Waals surface area (Å²) >= 11 is 1.55. The van der Waals surface area contributed by atoms with Gasteiger partial charge in [0, 0.05) is 0 Å². The summed E-state index contributed by atoms with van der Waals surface area (Å²) in [7, 11) is 0. The highest BCUT2D eigenvalue weighted by Crippen LogP contribution is 2.25. The molecule has 112 valence electrons. The standard InChI is InChI=1S/C16H15N3O2S/c1-2-10-21-16(20)14-17-15(13-9-6-11-22-13)19(18-14)12-7-4-3-5-8-12/h3-9,11H,2,10H2,1H3. The number of ether oxygens (including phenoxy) is 1. The molecule has 0 N–H and O–H groups in total. The van der Waals surface area contributed by atoms with Gasteiger partial charge >= 0.3 is 5.97 Å². The van der Waals surface area contributed by atoms with Gasteiger partial charge in [0.05, 0.1) is 17.2 Å². The average Bonchev–Trinajstić information content (AvgIpc) is 3.22. The molecule has 0 saturated carbocycles. The van der Waals surface area contributed by atoms with Crippen molar-refractivity contribution in [1.82, 2.24) is 14.8 Å². The first-order valence-electron chi connectivity index (χ1n) is 7.03. The number of hydrogen-bond donors (Lipinski definition) is 0. The molecule has 0 atom stereocenters. The molecule has 0 fully saturated rings. The molecule has 0 spiro atoms. The molecular formula is C16H15N3O2S. The van der Waals surface area contributed by atoms with Gasteiger partial charge in [0.2, 0.25) is 0 Å². The Bertz CT molecular complexity index is 751. The summed E-state index contributed by atoms with van der Waals surface area (Å²) in [5, 5.41) is 6.29. The predicted molar refractivity (Wildman–Crippen MR) is 85.2 cm³/mol. The van der Waals surface area contributed by atoms with Crippen molar-refractivity contribution < 1.29 is 9.53 Å². The minimum Gasteiger partial charge on any atom is -0.460 e. The van der Waals surface area contributed by atoms with E-state index in [0.29, 0.717) is 12.4 Å². The minimum absolute atomic E-state index is 0.0840. The summed E-state index contributed by atoms with van der Waals surface area (Å²) in [6.45, 7) is 2.31. The van der Waals surface area contributed by atoms with Crippen molar-refractivity contribution in [3.63, 3.8) is 0 Å². The van der Waals surface area contributed by atoms with Crippen molar-refractivity contribution in [2.75, 3.05) is 6.61 Å². The van der Waals surface area contributed by atoms with Gasteiger partial charge in [-0.25, -0.2) is 9.48 Å². The van der Waals surface area contributed by atoms with Gasteiger partial charge in [-0.3, -0.25) is 0 Å². The van der Waals surface area contributed by atoms with E-state index in [1.165, 1.54) is 0 Å². The first kappa shape index (κ1) is 14.5. The molecule has 0 saturated heterocycles. The quantitative estimate of drug-likeness (QED) is 0.676. The normalized spacial score (nSPS) is 10.6. The molecule has 0 radical (unpaired) electrons. The van der Waals surface area contributed by atoms with Crippen LogP contribution in [0.15, 0.2) is 47.8 Å². The minimum atomic E-state index is -0.491. The molecule has 0 unspecified atom stereocenters. The molecule has 1 aromatic carbocycles. The summed E-state index contributed by atoms with van der Waals surface area (Å²) in [6.07, 6.45) is 0.767. The van der Waals surface area contributed by atoms with Crippen LogP contribution in [0.25, 0.3) is 16.4 Å². The third-order valence-electron chi connectivity index (χ3n) is 2.97. The lowest BCUT2D eigenvalue weighted by Crippen LogP contribution is -2.08. The zero-order valence-corrected chi connectivity index (χ0v) is 12.9. The summed E-state index contributed by atoms with van der Waals surface area (Å²) in [5.41, 5.74) is 0.855. The molecule has 0 aliphatic rings. The molecule has 0 aliphatic heterocycles. The summed E-state index contributed by atoms with van der Waals surface area (Å²) in [5.74, 6) is 0.236. The fraction of sp³-hybridized carbons (Fsp3) is 0.188. The van der Waals surface area contributed by atoms with Gasteiger partial charge in [-0.15, -0.1) is 16.4 Å². The van der Waals surface area contributed by atoms with Crippen LogP contribution in [0.1, 0.15) is 24.0 Å². The van der Waals surface area contributed by atoms with Gasteiger partial charge in [0.1, 0.15) is 0 Å². The lowest BCUT2D eigenvalue weighted by atomic mass is 10.3. The Hall–Kier alpha value is -2.47. The molecule has 2 aromatic heterocycles. The molecule has 3 aromatic rings. The zero-order valence-electron chi connectivity index (χ0n) is 12.1. The number of hydrogen-bond acceptors (Lipinski definition) is 5. The number of nitrogens with zero attached hydrogens (tertiary/aromatic N) is 3. The van der Waals surface area contributed by atoms with Crippen molar-refractivity contribution >= 4 is 17.3 Å². The Morgan fingerprint density at radius 2 is 2.05 bits per heavy atom. The lowest BCUT2D eigenvalue weighted by molar-refractivity contribution is 0.0491. The van der Waals surface area contributed by atoms with Crippen molar-refractivity contribution in [3.05, 3.63) is 53.7 Å². The largest absolute Gasteiger partial charge is 0.460 e. The van der Waals surface area contributed by atoms with E-state index in [0.717, 1.165) is 17.0 Å². The number of para-hydroxylation sites is 1. The highest BCUT2D eigenvalue weighted by molar-refractivity contribution is 7.13. The van der Waals surface area contributed by atoms with Gasteiger partial charge < -0.3 is 4.74 Å². The molecule has 3 rings (SSSR count). The second kappa shape index (κ2) is 6.53. The van der Waals surface area contributed by atoms with Crippen LogP contribution < -0.4 is 0 Å². The van der Waals surface area contributed by atoms with Crippen LogP contribution >= 0.6 is 11.3 Å². The van der Waals surface area contributed by atoms with E-state index < -0.39 is 5.97 Å². The van der Waals surface area contributed by atoms with Crippen LogP contribution in [0.2, 0.25) is 0 Å². The first-order valence-corrected chi connectivity index (χ1v) is 7.91.